The Morgan fingerprint density at radius 3 is 2.87 bits per heavy atom. The summed E-state index contributed by atoms with van der Waals surface area (Å²) in [5.74, 6) is 1.31. The van der Waals surface area contributed by atoms with Crippen LogP contribution >= 0.6 is 22.7 Å². The lowest BCUT2D eigenvalue weighted by atomic mass is 10.1. The number of nitrogens with one attached hydrogen (secondary N) is 1. The fourth-order valence-electron chi connectivity index (χ4n) is 2.22. The van der Waals surface area contributed by atoms with E-state index in [9.17, 15) is 0 Å². The summed E-state index contributed by atoms with van der Waals surface area (Å²) in [6, 6.07) is 7.85. The molecule has 0 bridgehead atoms. The number of hydrogen-bond donors (Lipinski definition) is 1. The molecule has 4 rings (SSSR count). The number of aryl methyl sites for hydroxylation is 1. The number of aromatic nitrogens is 5. The normalized spacial score (nSPS) is 11.0. The molecule has 116 valence electrons. The third kappa shape index (κ3) is 2.53. The number of hydrogen-bond acceptors (Lipinski definition) is 8. The number of nitrogens with zero attached hydrogens (tertiary/aromatic N) is 5. The van der Waals surface area contributed by atoms with Crippen molar-refractivity contribution >= 4 is 38.7 Å². The Hall–Kier alpha value is -2.52. The van der Waals surface area contributed by atoms with Gasteiger partial charge in [-0.3, -0.25) is 5.32 Å². The minimum absolute atomic E-state index is 0.504. The summed E-state index contributed by atoms with van der Waals surface area (Å²) in [4.78, 5) is 5.28. The van der Waals surface area contributed by atoms with Gasteiger partial charge in [-0.1, -0.05) is 23.5 Å². The van der Waals surface area contributed by atoms with E-state index in [0.29, 0.717) is 11.1 Å². The van der Waals surface area contributed by atoms with Crippen LogP contribution in [0.4, 0.5) is 11.1 Å². The maximum absolute atomic E-state index is 5.43. The van der Waals surface area contributed by atoms with Gasteiger partial charge < -0.3 is 4.74 Å². The van der Waals surface area contributed by atoms with E-state index in [1.807, 2.05) is 36.6 Å². The average Bonchev–Trinajstić information content (AvgIpc) is 3.23. The molecule has 0 aliphatic carbocycles. The molecule has 23 heavy (non-hydrogen) atoms. The molecule has 0 amide bonds. The largest absolute Gasteiger partial charge is 0.496 e. The molecule has 0 aliphatic heterocycles. The van der Waals surface area contributed by atoms with Crippen molar-refractivity contribution in [1.82, 2.24) is 24.8 Å². The van der Waals surface area contributed by atoms with E-state index in [1.54, 1.807) is 11.6 Å². The molecule has 4 aromatic rings. The number of thiazole rings is 1. The Kier molecular flexibility index (Phi) is 3.43. The van der Waals surface area contributed by atoms with Crippen molar-refractivity contribution in [3.05, 3.63) is 34.7 Å². The van der Waals surface area contributed by atoms with Crippen molar-refractivity contribution in [2.75, 3.05) is 12.4 Å². The Bertz CT molecular complexity index is 973. The molecule has 3 heterocycles. The van der Waals surface area contributed by atoms with E-state index in [2.05, 4.69) is 25.6 Å². The molecule has 0 aliphatic rings. The first-order valence-corrected chi connectivity index (χ1v) is 8.49. The maximum Gasteiger partial charge on any atom is 0.250 e. The molecule has 1 N–H and O–H groups in total. The van der Waals surface area contributed by atoms with Gasteiger partial charge in [0.05, 0.1) is 12.8 Å². The van der Waals surface area contributed by atoms with E-state index in [-0.39, 0.29) is 0 Å². The van der Waals surface area contributed by atoms with Gasteiger partial charge in [0.1, 0.15) is 10.8 Å². The molecule has 0 radical (unpaired) electrons. The van der Waals surface area contributed by atoms with Gasteiger partial charge in [0, 0.05) is 10.9 Å². The van der Waals surface area contributed by atoms with Gasteiger partial charge >= 0.3 is 0 Å². The third-order valence-corrected chi connectivity index (χ3v) is 4.78. The zero-order valence-electron chi connectivity index (χ0n) is 12.3. The molecule has 1 aromatic carbocycles. The number of methoxy groups -OCH3 is 1. The minimum Gasteiger partial charge on any atom is -0.496 e. The second kappa shape index (κ2) is 5.60. The molecule has 3 aromatic heterocycles. The summed E-state index contributed by atoms with van der Waals surface area (Å²) >= 11 is 2.99. The standard InChI is InChI=1S/C14H12N6OS2/c1-8-17-18-13(23-8)15-12-16-14-20(19-12)10(7-22-14)9-5-3-4-6-11(9)21-2/h3-7H,1-2H3,(H,15,18,19). The molecular weight excluding hydrogens is 332 g/mol. The summed E-state index contributed by atoms with van der Waals surface area (Å²) in [5.41, 5.74) is 1.92. The predicted octanol–water partition coefficient (Wildman–Crippen LogP) is 3.37. The van der Waals surface area contributed by atoms with Crippen LogP contribution < -0.4 is 10.1 Å². The summed E-state index contributed by atoms with van der Waals surface area (Å²) in [6.45, 7) is 1.90. The Labute approximate surface area is 139 Å². The molecule has 0 saturated heterocycles. The fourth-order valence-corrected chi connectivity index (χ4v) is 3.63. The highest BCUT2D eigenvalue weighted by Gasteiger charge is 2.15. The summed E-state index contributed by atoms with van der Waals surface area (Å²) in [5, 5.41) is 19.2. The second-order valence-electron chi connectivity index (χ2n) is 4.70. The molecule has 9 heteroatoms. The van der Waals surface area contributed by atoms with E-state index in [0.717, 1.165) is 27.0 Å². The lowest BCUT2D eigenvalue weighted by molar-refractivity contribution is 0.416. The number of para-hydroxylation sites is 1. The molecule has 0 atom stereocenters. The first-order valence-electron chi connectivity index (χ1n) is 6.79. The molecule has 7 nitrogen and oxygen atoms in total. The second-order valence-corrected chi connectivity index (χ2v) is 6.72. The molecule has 0 fully saturated rings. The van der Waals surface area contributed by atoms with Gasteiger partial charge in [0.2, 0.25) is 16.0 Å². The number of benzene rings is 1. The Morgan fingerprint density at radius 1 is 1.22 bits per heavy atom. The van der Waals surface area contributed by atoms with Crippen molar-refractivity contribution in [3.63, 3.8) is 0 Å². The van der Waals surface area contributed by atoms with Crippen LogP contribution in [0.15, 0.2) is 29.6 Å². The minimum atomic E-state index is 0.504. The van der Waals surface area contributed by atoms with Crippen LogP contribution in [-0.2, 0) is 0 Å². The Morgan fingerprint density at radius 2 is 2.09 bits per heavy atom. The summed E-state index contributed by atoms with van der Waals surface area (Å²) in [6.07, 6.45) is 0. The lowest BCUT2D eigenvalue weighted by Gasteiger charge is -2.06. The van der Waals surface area contributed by atoms with Gasteiger partial charge in [-0.15, -0.1) is 26.6 Å². The molecular formula is C14H12N6OS2. The van der Waals surface area contributed by atoms with Gasteiger partial charge in [-0.05, 0) is 19.1 Å². The maximum atomic E-state index is 5.43. The highest BCUT2D eigenvalue weighted by Crippen LogP contribution is 2.32. The van der Waals surface area contributed by atoms with E-state index >= 15 is 0 Å². The van der Waals surface area contributed by atoms with Gasteiger partial charge in [0.15, 0.2) is 0 Å². The van der Waals surface area contributed by atoms with Crippen molar-refractivity contribution in [2.45, 2.75) is 6.92 Å². The fraction of sp³-hybridized carbons (Fsp3) is 0.143. The topological polar surface area (TPSA) is 77.2 Å². The smallest absolute Gasteiger partial charge is 0.250 e. The number of rotatable bonds is 4. The summed E-state index contributed by atoms with van der Waals surface area (Å²) < 4.78 is 7.24. The zero-order chi connectivity index (χ0) is 15.8. The van der Waals surface area contributed by atoms with Crippen LogP contribution in [0.1, 0.15) is 5.01 Å². The molecule has 0 spiro atoms. The predicted molar refractivity (Wildman–Crippen MR) is 90.8 cm³/mol. The van der Waals surface area contributed by atoms with Gasteiger partial charge in [-0.25, -0.2) is 4.52 Å². The van der Waals surface area contributed by atoms with Crippen LogP contribution in [0.3, 0.4) is 0 Å². The van der Waals surface area contributed by atoms with Gasteiger partial charge in [0.25, 0.3) is 0 Å². The van der Waals surface area contributed by atoms with Crippen LogP contribution in [-0.4, -0.2) is 31.9 Å². The highest BCUT2D eigenvalue weighted by atomic mass is 32.1. The monoisotopic (exact) mass is 344 g/mol. The summed E-state index contributed by atoms with van der Waals surface area (Å²) in [7, 11) is 1.66. The van der Waals surface area contributed by atoms with Crippen molar-refractivity contribution in [2.24, 2.45) is 0 Å². The highest BCUT2D eigenvalue weighted by molar-refractivity contribution is 7.15. The first-order chi connectivity index (χ1) is 11.2. The SMILES string of the molecule is COc1ccccc1-c1csc2nc(Nc3nnc(C)s3)nn12. The van der Waals surface area contributed by atoms with Crippen molar-refractivity contribution in [3.8, 4) is 17.0 Å². The van der Waals surface area contributed by atoms with Gasteiger partial charge in [-0.2, -0.15) is 4.98 Å². The van der Waals surface area contributed by atoms with Crippen molar-refractivity contribution in [1.29, 1.82) is 0 Å². The number of fused-ring (bicyclic) bond motifs is 1. The van der Waals surface area contributed by atoms with E-state index < -0.39 is 0 Å². The first kappa shape index (κ1) is 14.1. The molecule has 0 unspecified atom stereocenters. The number of anilines is 2. The van der Waals surface area contributed by atoms with Crippen molar-refractivity contribution < 1.29 is 4.74 Å². The van der Waals surface area contributed by atoms with E-state index in [4.69, 9.17) is 4.74 Å². The lowest BCUT2D eigenvalue weighted by Crippen LogP contribution is -1.95. The average molecular weight is 344 g/mol. The number of ether oxygens (including phenoxy) is 1. The van der Waals surface area contributed by atoms with Crippen LogP contribution in [0.25, 0.3) is 16.2 Å². The molecule has 0 saturated carbocycles. The van der Waals surface area contributed by atoms with Crippen LogP contribution in [0, 0.1) is 6.92 Å². The Balaban J connectivity index is 1.74. The van der Waals surface area contributed by atoms with Crippen LogP contribution in [0.2, 0.25) is 0 Å². The van der Waals surface area contributed by atoms with E-state index in [1.165, 1.54) is 22.7 Å². The quantitative estimate of drug-likeness (QED) is 0.611. The zero-order valence-corrected chi connectivity index (χ0v) is 14.0. The van der Waals surface area contributed by atoms with Crippen LogP contribution in [0.5, 0.6) is 5.75 Å². The third-order valence-electron chi connectivity index (χ3n) is 3.21.